The molecule has 0 radical (unpaired) electrons. The molecule has 1 aromatic rings. The average molecular weight is 283 g/mol. The van der Waals surface area contributed by atoms with Gasteiger partial charge in [0.25, 0.3) is 5.56 Å². The molecule has 0 spiro atoms. The maximum absolute atomic E-state index is 11.9. The van der Waals surface area contributed by atoms with Gasteiger partial charge in [-0.15, -0.1) is 33.4 Å². The Morgan fingerprint density at radius 2 is 2.00 bits per heavy atom. The molecule has 0 saturated heterocycles. The minimum absolute atomic E-state index is 0.155. The Balaban J connectivity index is 3.39. The second kappa shape index (κ2) is 4.81. The first kappa shape index (κ1) is 13.6. The standard InChI is InChI=1S/C8H12Cl2N4OS/c1-8(2,6(9)10)4-5(15)14(11)7(16-3)13-12-4/h6H,11H2,1-3H3. The maximum Gasteiger partial charge on any atom is 0.295 e. The first-order valence-electron chi connectivity index (χ1n) is 4.39. The lowest BCUT2D eigenvalue weighted by atomic mass is 9.92. The quantitative estimate of drug-likeness (QED) is 0.512. The molecule has 0 amide bonds. The van der Waals surface area contributed by atoms with Crippen LogP contribution in [-0.2, 0) is 5.41 Å². The summed E-state index contributed by atoms with van der Waals surface area (Å²) in [5, 5.41) is 8.03. The van der Waals surface area contributed by atoms with Crippen LogP contribution in [0.15, 0.2) is 9.95 Å². The summed E-state index contributed by atoms with van der Waals surface area (Å²) in [6, 6.07) is 0. The van der Waals surface area contributed by atoms with Crippen molar-refractivity contribution in [3.63, 3.8) is 0 Å². The molecule has 0 aliphatic heterocycles. The van der Waals surface area contributed by atoms with E-state index in [1.807, 2.05) is 0 Å². The van der Waals surface area contributed by atoms with Crippen LogP contribution in [0.1, 0.15) is 19.5 Å². The Kier molecular flexibility index (Phi) is 4.09. The van der Waals surface area contributed by atoms with Gasteiger partial charge in [0.1, 0.15) is 10.5 Å². The van der Waals surface area contributed by atoms with Gasteiger partial charge in [0.15, 0.2) is 0 Å². The van der Waals surface area contributed by atoms with Crippen molar-refractivity contribution in [1.29, 1.82) is 0 Å². The number of nitrogen functional groups attached to an aromatic ring is 1. The summed E-state index contributed by atoms with van der Waals surface area (Å²) in [5.41, 5.74) is -1.08. The highest BCUT2D eigenvalue weighted by molar-refractivity contribution is 7.98. The molecule has 5 nitrogen and oxygen atoms in total. The highest BCUT2D eigenvalue weighted by Crippen LogP contribution is 2.29. The minimum Gasteiger partial charge on any atom is -0.334 e. The first-order valence-corrected chi connectivity index (χ1v) is 6.49. The van der Waals surface area contributed by atoms with Crippen molar-refractivity contribution < 1.29 is 0 Å². The maximum atomic E-state index is 11.9. The molecule has 2 N–H and O–H groups in total. The smallest absolute Gasteiger partial charge is 0.295 e. The van der Waals surface area contributed by atoms with Crippen molar-refractivity contribution in [3.05, 3.63) is 16.0 Å². The van der Waals surface area contributed by atoms with E-state index in [2.05, 4.69) is 10.2 Å². The van der Waals surface area contributed by atoms with Crippen LogP contribution in [0.4, 0.5) is 0 Å². The molecule has 0 bridgehead atoms. The summed E-state index contributed by atoms with van der Waals surface area (Å²) in [4.78, 5) is 11.1. The normalized spacial score (nSPS) is 12.1. The minimum atomic E-state index is -0.800. The summed E-state index contributed by atoms with van der Waals surface area (Å²) < 4.78 is 0.949. The monoisotopic (exact) mass is 282 g/mol. The predicted octanol–water partition coefficient (Wildman–Crippen LogP) is 1.16. The number of hydrogen-bond acceptors (Lipinski definition) is 5. The predicted molar refractivity (Wildman–Crippen MR) is 66.7 cm³/mol. The Morgan fingerprint density at radius 3 is 2.44 bits per heavy atom. The van der Waals surface area contributed by atoms with E-state index in [0.29, 0.717) is 5.16 Å². The third kappa shape index (κ3) is 2.28. The molecular weight excluding hydrogens is 271 g/mol. The number of alkyl halides is 2. The number of halogens is 2. The van der Waals surface area contributed by atoms with Gasteiger partial charge in [-0.3, -0.25) is 4.79 Å². The lowest BCUT2D eigenvalue weighted by molar-refractivity contribution is 0.506. The Bertz CT molecular complexity index is 446. The number of nitrogens with two attached hydrogens (primary N) is 1. The highest BCUT2D eigenvalue weighted by atomic mass is 35.5. The molecule has 0 atom stereocenters. The van der Waals surface area contributed by atoms with Gasteiger partial charge in [-0.25, -0.2) is 0 Å². The zero-order valence-electron chi connectivity index (χ0n) is 9.07. The van der Waals surface area contributed by atoms with Gasteiger partial charge in [0.05, 0.1) is 0 Å². The third-order valence-electron chi connectivity index (χ3n) is 2.20. The molecule has 0 unspecified atom stereocenters. The molecule has 0 saturated carbocycles. The van der Waals surface area contributed by atoms with E-state index in [1.54, 1.807) is 20.1 Å². The van der Waals surface area contributed by atoms with E-state index in [1.165, 1.54) is 11.8 Å². The van der Waals surface area contributed by atoms with Gasteiger partial charge >= 0.3 is 0 Å². The molecule has 0 aromatic carbocycles. The first-order chi connectivity index (χ1) is 7.32. The van der Waals surface area contributed by atoms with Crippen LogP contribution in [-0.4, -0.2) is 26.0 Å². The van der Waals surface area contributed by atoms with E-state index in [9.17, 15) is 4.79 Å². The third-order valence-corrected chi connectivity index (χ3v) is 3.94. The van der Waals surface area contributed by atoms with Crippen LogP contribution in [0.5, 0.6) is 0 Å². The van der Waals surface area contributed by atoms with Crippen molar-refractivity contribution in [2.45, 2.75) is 29.3 Å². The van der Waals surface area contributed by atoms with E-state index in [0.717, 1.165) is 4.68 Å². The summed E-state index contributed by atoms with van der Waals surface area (Å²) in [7, 11) is 0. The molecule has 0 aliphatic carbocycles. The Morgan fingerprint density at radius 1 is 1.44 bits per heavy atom. The van der Waals surface area contributed by atoms with E-state index in [-0.39, 0.29) is 5.69 Å². The van der Waals surface area contributed by atoms with Crippen LogP contribution in [0, 0.1) is 0 Å². The number of rotatable bonds is 3. The van der Waals surface area contributed by atoms with E-state index < -0.39 is 15.8 Å². The van der Waals surface area contributed by atoms with Gasteiger partial charge in [-0.05, 0) is 6.26 Å². The van der Waals surface area contributed by atoms with Crippen molar-refractivity contribution >= 4 is 35.0 Å². The summed E-state index contributed by atoms with van der Waals surface area (Å²) in [5.74, 6) is 5.59. The summed E-state index contributed by atoms with van der Waals surface area (Å²) >= 11 is 12.8. The SMILES string of the molecule is CSc1nnc(C(C)(C)C(Cl)Cl)c(=O)n1N. The number of nitrogens with zero attached hydrogens (tertiary/aromatic N) is 3. The summed E-state index contributed by atoms with van der Waals surface area (Å²) in [6.45, 7) is 3.42. The van der Waals surface area contributed by atoms with Crippen LogP contribution in [0.25, 0.3) is 0 Å². The summed E-state index contributed by atoms with van der Waals surface area (Å²) in [6.07, 6.45) is 1.75. The van der Waals surface area contributed by atoms with Crippen molar-refractivity contribution in [2.24, 2.45) is 0 Å². The molecule has 90 valence electrons. The molecule has 1 aromatic heterocycles. The van der Waals surface area contributed by atoms with E-state index in [4.69, 9.17) is 29.0 Å². The average Bonchev–Trinajstić information content (AvgIpc) is 2.21. The van der Waals surface area contributed by atoms with Gasteiger partial charge in [0.2, 0.25) is 5.16 Å². The van der Waals surface area contributed by atoms with Crippen molar-refractivity contribution in [2.75, 3.05) is 12.1 Å². The zero-order valence-corrected chi connectivity index (χ0v) is 11.4. The molecule has 0 fully saturated rings. The van der Waals surface area contributed by atoms with Gasteiger partial charge in [0, 0.05) is 5.41 Å². The fourth-order valence-corrected chi connectivity index (χ4v) is 1.64. The van der Waals surface area contributed by atoms with E-state index >= 15 is 0 Å². The van der Waals surface area contributed by atoms with Crippen LogP contribution >= 0.6 is 35.0 Å². The Labute approximate surface area is 107 Å². The fraction of sp³-hybridized carbons (Fsp3) is 0.625. The lowest BCUT2D eigenvalue weighted by Gasteiger charge is -2.24. The largest absolute Gasteiger partial charge is 0.334 e. The van der Waals surface area contributed by atoms with Crippen LogP contribution in [0.2, 0.25) is 0 Å². The van der Waals surface area contributed by atoms with Crippen molar-refractivity contribution in [1.82, 2.24) is 14.9 Å². The molecule has 1 rings (SSSR count). The second-order valence-corrected chi connectivity index (χ2v) is 5.60. The van der Waals surface area contributed by atoms with Crippen molar-refractivity contribution in [3.8, 4) is 0 Å². The van der Waals surface area contributed by atoms with Crippen LogP contribution in [0.3, 0.4) is 0 Å². The number of aromatic nitrogens is 3. The molecular formula is C8H12Cl2N4OS. The highest BCUT2D eigenvalue weighted by Gasteiger charge is 2.34. The molecule has 8 heteroatoms. The van der Waals surface area contributed by atoms with Gasteiger partial charge in [-0.1, -0.05) is 25.6 Å². The van der Waals surface area contributed by atoms with Crippen LogP contribution < -0.4 is 11.4 Å². The number of hydrogen-bond donors (Lipinski definition) is 1. The van der Waals surface area contributed by atoms with Gasteiger partial charge < -0.3 is 5.84 Å². The zero-order chi connectivity index (χ0) is 12.5. The topological polar surface area (TPSA) is 73.8 Å². The number of thioether (sulfide) groups is 1. The molecule has 16 heavy (non-hydrogen) atoms. The second-order valence-electron chi connectivity index (χ2n) is 3.73. The fourth-order valence-electron chi connectivity index (χ4n) is 1.03. The molecule has 1 heterocycles. The Hall–Kier alpha value is -0.460. The lowest BCUT2D eigenvalue weighted by Crippen LogP contribution is -2.41. The van der Waals surface area contributed by atoms with Gasteiger partial charge in [-0.2, -0.15) is 4.68 Å². The molecule has 0 aliphatic rings.